The second-order valence-electron chi connectivity index (χ2n) is 9.11. The number of rotatable bonds is 8. The van der Waals surface area contributed by atoms with Gasteiger partial charge in [-0.15, -0.1) is 0 Å². The molecular weight excluding hydrogens is 466 g/mol. The molecule has 0 saturated carbocycles. The second kappa shape index (κ2) is 9.62. The molecule has 1 N–H and O–H groups in total. The minimum Gasteiger partial charge on any atom is -0.383 e. The fourth-order valence-corrected chi connectivity index (χ4v) is 4.81. The van der Waals surface area contributed by atoms with Crippen LogP contribution in [0.3, 0.4) is 0 Å². The number of aromatic nitrogens is 8. The number of ether oxygens (including phenoxy) is 1. The van der Waals surface area contributed by atoms with Crippen LogP contribution in [-0.2, 0) is 37.7 Å². The molecule has 0 saturated heterocycles. The van der Waals surface area contributed by atoms with E-state index in [0.717, 1.165) is 76.6 Å². The summed E-state index contributed by atoms with van der Waals surface area (Å²) in [6, 6.07) is 10.5. The summed E-state index contributed by atoms with van der Waals surface area (Å²) in [4.78, 5) is 9.49. The molecule has 10 heteroatoms. The van der Waals surface area contributed by atoms with Crippen molar-refractivity contribution in [3.63, 3.8) is 0 Å². The molecule has 10 nitrogen and oxygen atoms in total. The van der Waals surface area contributed by atoms with Crippen molar-refractivity contribution in [2.45, 2.75) is 32.9 Å². The molecule has 0 bridgehead atoms. The van der Waals surface area contributed by atoms with Crippen LogP contribution in [0.5, 0.6) is 0 Å². The Labute approximate surface area is 214 Å². The van der Waals surface area contributed by atoms with E-state index in [-0.39, 0.29) is 0 Å². The van der Waals surface area contributed by atoms with E-state index in [1.54, 1.807) is 7.11 Å². The van der Waals surface area contributed by atoms with Gasteiger partial charge < -0.3 is 10.1 Å². The van der Waals surface area contributed by atoms with Crippen LogP contribution in [0.15, 0.2) is 55.1 Å². The summed E-state index contributed by atoms with van der Waals surface area (Å²) in [5.74, 6) is 1.26. The number of nitrogens with one attached hydrogen (secondary N) is 1. The molecule has 4 aromatic heterocycles. The van der Waals surface area contributed by atoms with Crippen LogP contribution in [0.25, 0.3) is 33.6 Å². The van der Waals surface area contributed by atoms with Crippen LogP contribution < -0.4 is 5.32 Å². The summed E-state index contributed by atoms with van der Waals surface area (Å²) in [7, 11) is 3.70. The number of benzene rings is 1. The molecular formula is C27H29N9O. The van der Waals surface area contributed by atoms with Gasteiger partial charge in [0.2, 0.25) is 5.95 Å². The van der Waals surface area contributed by atoms with Gasteiger partial charge >= 0.3 is 0 Å². The van der Waals surface area contributed by atoms with Gasteiger partial charge in [0.05, 0.1) is 36.4 Å². The van der Waals surface area contributed by atoms with E-state index in [1.807, 2.05) is 51.9 Å². The van der Waals surface area contributed by atoms with E-state index in [0.29, 0.717) is 12.6 Å². The zero-order valence-corrected chi connectivity index (χ0v) is 21.2. The Morgan fingerprint density at radius 3 is 2.59 bits per heavy atom. The first-order valence-corrected chi connectivity index (χ1v) is 12.5. The van der Waals surface area contributed by atoms with Gasteiger partial charge in [-0.2, -0.15) is 15.3 Å². The van der Waals surface area contributed by atoms with E-state index in [1.165, 1.54) is 0 Å². The third kappa shape index (κ3) is 4.40. The third-order valence-electron chi connectivity index (χ3n) is 6.71. The summed E-state index contributed by atoms with van der Waals surface area (Å²) in [6.07, 6.45) is 9.53. The van der Waals surface area contributed by atoms with E-state index in [4.69, 9.17) is 14.8 Å². The number of nitrogens with zero attached hydrogens (tertiary/aromatic N) is 8. The van der Waals surface area contributed by atoms with Gasteiger partial charge in [-0.3, -0.25) is 14.0 Å². The predicted octanol–water partition coefficient (Wildman–Crippen LogP) is 4.11. The zero-order valence-electron chi connectivity index (χ0n) is 21.2. The van der Waals surface area contributed by atoms with E-state index < -0.39 is 0 Å². The van der Waals surface area contributed by atoms with Crippen LogP contribution in [0.1, 0.15) is 18.2 Å². The van der Waals surface area contributed by atoms with Gasteiger partial charge in [-0.1, -0.05) is 24.3 Å². The Bertz CT molecular complexity index is 1540. The lowest BCUT2D eigenvalue weighted by Crippen LogP contribution is -2.08. The predicted molar refractivity (Wildman–Crippen MR) is 141 cm³/mol. The van der Waals surface area contributed by atoms with Gasteiger partial charge in [-0.05, 0) is 30.9 Å². The lowest BCUT2D eigenvalue weighted by Gasteiger charge is -2.17. The minimum atomic E-state index is 0.531. The molecule has 0 amide bonds. The molecule has 1 aliphatic carbocycles. The van der Waals surface area contributed by atoms with E-state index in [9.17, 15) is 0 Å². The maximum atomic E-state index is 5.16. The Morgan fingerprint density at radius 1 is 0.973 bits per heavy atom. The van der Waals surface area contributed by atoms with Crippen molar-refractivity contribution in [3.05, 3.63) is 66.4 Å². The van der Waals surface area contributed by atoms with Crippen LogP contribution in [-0.4, -0.2) is 53.0 Å². The van der Waals surface area contributed by atoms with Crippen molar-refractivity contribution >= 4 is 11.8 Å². The lowest BCUT2D eigenvalue weighted by molar-refractivity contribution is 0.183. The molecule has 37 heavy (non-hydrogen) atoms. The highest BCUT2D eigenvalue weighted by atomic mass is 16.5. The highest BCUT2D eigenvalue weighted by Crippen LogP contribution is 2.40. The molecule has 6 rings (SSSR count). The fraction of sp³-hybridized carbons (Fsp3) is 0.296. The van der Waals surface area contributed by atoms with Crippen LogP contribution in [0.4, 0.5) is 11.8 Å². The lowest BCUT2D eigenvalue weighted by atomic mass is 9.91. The molecule has 5 aromatic rings. The summed E-state index contributed by atoms with van der Waals surface area (Å²) >= 11 is 0. The number of hydrogen-bond acceptors (Lipinski definition) is 7. The first kappa shape index (κ1) is 23.1. The topological polar surface area (TPSA) is 100 Å². The first-order chi connectivity index (χ1) is 18.1. The number of anilines is 2. The Balaban J connectivity index is 1.33. The first-order valence-electron chi connectivity index (χ1n) is 12.5. The fourth-order valence-electron chi connectivity index (χ4n) is 4.81. The molecule has 188 valence electrons. The number of fused-ring (bicyclic) bond motifs is 3. The van der Waals surface area contributed by atoms with Crippen molar-refractivity contribution in [1.82, 2.24) is 39.3 Å². The van der Waals surface area contributed by atoms with Gasteiger partial charge in [0.15, 0.2) is 5.82 Å². The molecule has 0 atom stereocenters. The summed E-state index contributed by atoms with van der Waals surface area (Å²) in [5.41, 5.74) is 8.54. The van der Waals surface area contributed by atoms with Gasteiger partial charge in [0.25, 0.3) is 0 Å². The van der Waals surface area contributed by atoms with Gasteiger partial charge in [-0.25, -0.2) is 9.97 Å². The van der Waals surface area contributed by atoms with Gasteiger partial charge in [0.1, 0.15) is 0 Å². The molecule has 0 spiro atoms. The normalized spacial score (nSPS) is 12.4. The van der Waals surface area contributed by atoms with Crippen LogP contribution in [0.2, 0.25) is 0 Å². The Hall–Kier alpha value is -4.31. The number of hydrogen-bond donors (Lipinski definition) is 1. The molecule has 1 aromatic carbocycles. The minimum absolute atomic E-state index is 0.531. The maximum Gasteiger partial charge on any atom is 0.228 e. The highest BCUT2D eigenvalue weighted by molar-refractivity contribution is 5.85. The number of methoxy groups -OCH3 is 1. The largest absolute Gasteiger partial charge is 0.383 e. The average Bonchev–Trinajstić information content (AvgIpc) is 3.66. The highest BCUT2D eigenvalue weighted by Gasteiger charge is 2.27. The average molecular weight is 496 g/mol. The third-order valence-corrected chi connectivity index (χ3v) is 6.71. The molecule has 0 radical (unpaired) electrons. The van der Waals surface area contributed by atoms with Crippen LogP contribution in [0, 0.1) is 0 Å². The van der Waals surface area contributed by atoms with Gasteiger partial charge in [0, 0.05) is 62.0 Å². The standard InChI is InChI=1S/C27H29N9O/c1-4-35-12-11-23(33-35)30-27-28-15-20-9-10-22-24(25(20)31-27)26(34(2)32-22)19-7-5-18(6-8-19)21-16-29-36(17-21)13-14-37-3/h5-8,11-12,15-17H,4,9-10,13-14H2,1-3H3,(H,28,30,31,33). The van der Waals surface area contributed by atoms with E-state index in [2.05, 4.69) is 51.7 Å². The van der Waals surface area contributed by atoms with Crippen molar-refractivity contribution < 1.29 is 4.74 Å². The summed E-state index contributed by atoms with van der Waals surface area (Å²) in [6.45, 7) is 4.23. The van der Waals surface area contributed by atoms with Crippen molar-refractivity contribution in [1.29, 1.82) is 0 Å². The van der Waals surface area contributed by atoms with Crippen molar-refractivity contribution in [2.75, 3.05) is 19.0 Å². The molecule has 0 fully saturated rings. The smallest absolute Gasteiger partial charge is 0.228 e. The summed E-state index contributed by atoms with van der Waals surface area (Å²) < 4.78 is 10.9. The zero-order chi connectivity index (χ0) is 25.4. The monoisotopic (exact) mass is 495 g/mol. The van der Waals surface area contributed by atoms with Crippen molar-refractivity contribution in [3.8, 4) is 33.6 Å². The molecule has 1 aliphatic rings. The maximum absolute atomic E-state index is 5.16. The second-order valence-corrected chi connectivity index (χ2v) is 9.11. The molecule has 0 aliphatic heterocycles. The summed E-state index contributed by atoms with van der Waals surface area (Å²) in [5, 5.41) is 17.0. The molecule has 4 heterocycles. The SMILES string of the molecule is CCn1ccc(Nc2ncc3c(n2)-c2c(nn(C)c2-c2ccc(-c4cnn(CCOC)c4)cc2)CC3)n1. The Morgan fingerprint density at radius 2 is 1.81 bits per heavy atom. The Kier molecular flexibility index (Phi) is 6.01. The molecule has 0 unspecified atom stereocenters. The van der Waals surface area contributed by atoms with E-state index >= 15 is 0 Å². The quantitative estimate of drug-likeness (QED) is 0.346. The van der Waals surface area contributed by atoms with Crippen LogP contribution >= 0.6 is 0 Å². The number of aryl methyl sites for hydroxylation is 4. The van der Waals surface area contributed by atoms with Crippen molar-refractivity contribution in [2.24, 2.45) is 7.05 Å².